The van der Waals surface area contributed by atoms with Crippen LogP contribution in [0.1, 0.15) is 5.56 Å². The normalized spacial score (nSPS) is 10.3. The quantitative estimate of drug-likeness (QED) is 0.821. The first kappa shape index (κ1) is 10.6. The Bertz CT molecular complexity index is 442. The van der Waals surface area contributed by atoms with Gasteiger partial charge in [-0.05, 0) is 50.5 Å². The van der Waals surface area contributed by atoms with Gasteiger partial charge in [0, 0.05) is 6.07 Å². The zero-order chi connectivity index (χ0) is 10.7. The summed E-state index contributed by atoms with van der Waals surface area (Å²) in [6, 6.07) is 6.38. The highest BCUT2D eigenvalue weighted by Gasteiger charge is 2.03. The average molecular weight is 287 g/mol. The maximum atomic E-state index is 12.9. The average Bonchev–Trinajstić information content (AvgIpc) is 2.72. The van der Waals surface area contributed by atoms with Crippen molar-refractivity contribution < 1.29 is 9.13 Å². The second-order valence-corrected chi connectivity index (χ2v) is 4.63. The van der Waals surface area contributed by atoms with E-state index in [1.165, 1.54) is 12.1 Å². The summed E-state index contributed by atoms with van der Waals surface area (Å²) >= 11 is 4.92. The minimum absolute atomic E-state index is 0.293. The number of hydrogen-bond acceptors (Lipinski definition) is 2. The largest absolute Gasteiger partial charge is 0.488 e. The van der Waals surface area contributed by atoms with Gasteiger partial charge in [-0.1, -0.05) is 0 Å². The van der Waals surface area contributed by atoms with Crippen LogP contribution < -0.4 is 4.74 Å². The van der Waals surface area contributed by atoms with Gasteiger partial charge in [-0.2, -0.15) is 11.3 Å². The molecular formula is C11H8BrFOS. The summed E-state index contributed by atoms with van der Waals surface area (Å²) in [5, 5.41) is 3.99. The van der Waals surface area contributed by atoms with Crippen LogP contribution in [0.2, 0.25) is 0 Å². The molecule has 2 aromatic rings. The maximum absolute atomic E-state index is 12.9. The molecular weight excluding hydrogens is 279 g/mol. The standard InChI is InChI=1S/C11H8BrFOS/c12-10-2-1-9(13)5-11(10)14-6-8-3-4-15-7-8/h1-5,7H,6H2. The third-order valence-electron chi connectivity index (χ3n) is 1.87. The Kier molecular flexibility index (Phi) is 3.38. The van der Waals surface area contributed by atoms with Gasteiger partial charge >= 0.3 is 0 Å². The van der Waals surface area contributed by atoms with Crippen LogP contribution in [0, 0.1) is 5.82 Å². The number of halogens is 2. The number of hydrogen-bond donors (Lipinski definition) is 0. The fraction of sp³-hybridized carbons (Fsp3) is 0.0909. The van der Waals surface area contributed by atoms with Gasteiger partial charge in [0.05, 0.1) is 4.47 Å². The van der Waals surface area contributed by atoms with Crippen LogP contribution in [0.25, 0.3) is 0 Å². The molecule has 0 N–H and O–H groups in total. The lowest BCUT2D eigenvalue weighted by molar-refractivity contribution is 0.303. The van der Waals surface area contributed by atoms with Gasteiger partial charge < -0.3 is 4.74 Å². The van der Waals surface area contributed by atoms with E-state index in [-0.39, 0.29) is 5.82 Å². The van der Waals surface area contributed by atoms with E-state index in [0.717, 1.165) is 10.0 Å². The summed E-state index contributed by atoms with van der Waals surface area (Å²) < 4.78 is 19.2. The molecule has 0 aliphatic carbocycles. The molecule has 0 aliphatic rings. The fourth-order valence-corrected chi connectivity index (χ4v) is 2.14. The van der Waals surface area contributed by atoms with Crippen LogP contribution in [0.3, 0.4) is 0 Å². The molecule has 4 heteroatoms. The Morgan fingerprint density at radius 1 is 1.33 bits per heavy atom. The highest BCUT2D eigenvalue weighted by Crippen LogP contribution is 2.26. The molecule has 0 saturated heterocycles. The van der Waals surface area contributed by atoms with Gasteiger partial charge in [0.25, 0.3) is 0 Å². The molecule has 0 unspecified atom stereocenters. The van der Waals surface area contributed by atoms with E-state index in [4.69, 9.17) is 4.74 Å². The molecule has 0 fully saturated rings. The molecule has 2 rings (SSSR count). The number of thiophene rings is 1. The van der Waals surface area contributed by atoms with Crippen molar-refractivity contribution in [2.24, 2.45) is 0 Å². The van der Waals surface area contributed by atoms with E-state index in [9.17, 15) is 4.39 Å². The van der Waals surface area contributed by atoms with E-state index in [2.05, 4.69) is 15.9 Å². The van der Waals surface area contributed by atoms with Crippen LogP contribution in [0.4, 0.5) is 4.39 Å². The molecule has 78 valence electrons. The van der Waals surface area contributed by atoms with Crippen molar-refractivity contribution in [2.75, 3.05) is 0 Å². The number of benzene rings is 1. The molecule has 0 amide bonds. The van der Waals surface area contributed by atoms with E-state index in [1.807, 2.05) is 16.8 Å². The van der Waals surface area contributed by atoms with Crippen LogP contribution in [-0.4, -0.2) is 0 Å². The van der Waals surface area contributed by atoms with Gasteiger partial charge in [-0.15, -0.1) is 0 Å². The van der Waals surface area contributed by atoms with E-state index in [1.54, 1.807) is 17.4 Å². The second-order valence-electron chi connectivity index (χ2n) is 3.00. The minimum Gasteiger partial charge on any atom is -0.488 e. The highest BCUT2D eigenvalue weighted by molar-refractivity contribution is 9.10. The summed E-state index contributed by atoms with van der Waals surface area (Å²) in [5.41, 5.74) is 1.09. The molecule has 1 aromatic carbocycles. The van der Waals surface area contributed by atoms with Gasteiger partial charge in [0.15, 0.2) is 0 Å². The second kappa shape index (κ2) is 4.77. The van der Waals surface area contributed by atoms with Crippen LogP contribution >= 0.6 is 27.3 Å². The molecule has 0 bridgehead atoms. The Labute approximate surface area is 99.6 Å². The topological polar surface area (TPSA) is 9.23 Å². The lowest BCUT2D eigenvalue weighted by Gasteiger charge is -2.06. The minimum atomic E-state index is -0.293. The highest BCUT2D eigenvalue weighted by atomic mass is 79.9. The van der Waals surface area contributed by atoms with Crippen molar-refractivity contribution in [2.45, 2.75) is 6.61 Å². The molecule has 1 aromatic heterocycles. The van der Waals surface area contributed by atoms with Crippen molar-refractivity contribution in [3.05, 3.63) is 50.9 Å². The van der Waals surface area contributed by atoms with Crippen LogP contribution in [0.15, 0.2) is 39.5 Å². The Balaban J connectivity index is 2.07. The summed E-state index contributed by atoms with van der Waals surface area (Å²) in [7, 11) is 0. The monoisotopic (exact) mass is 286 g/mol. The Hall–Kier alpha value is -0.870. The SMILES string of the molecule is Fc1ccc(Br)c(OCc2ccsc2)c1. The molecule has 0 aliphatic heterocycles. The van der Waals surface area contributed by atoms with E-state index < -0.39 is 0 Å². The molecule has 0 radical (unpaired) electrons. The molecule has 1 nitrogen and oxygen atoms in total. The Morgan fingerprint density at radius 3 is 2.93 bits per heavy atom. The first-order valence-electron chi connectivity index (χ1n) is 4.34. The zero-order valence-corrected chi connectivity index (χ0v) is 10.1. The van der Waals surface area contributed by atoms with Crippen LogP contribution in [-0.2, 0) is 6.61 Å². The first-order chi connectivity index (χ1) is 7.25. The van der Waals surface area contributed by atoms with Gasteiger partial charge in [0.2, 0.25) is 0 Å². The first-order valence-corrected chi connectivity index (χ1v) is 6.08. The van der Waals surface area contributed by atoms with Gasteiger partial charge in [0.1, 0.15) is 18.2 Å². The molecule has 1 heterocycles. The van der Waals surface area contributed by atoms with Crippen molar-refractivity contribution >= 4 is 27.3 Å². The molecule has 0 spiro atoms. The summed E-state index contributed by atoms with van der Waals surface area (Å²) in [6.45, 7) is 0.464. The Morgan fingerprint density at radius 2 is 2.20 bits per heavy atom. The third kappa shape index (κ3) is 2.79. The lowest BCUT2D eigenvalue weighted by atomic mass is 10.3. The van der Waals surface area contributed by atoms with Crippen molar-refractivity contribution in [1.29, 1.82) is 0 Å². The van der Waals surface area contributed by atoms with Gasteiger partial charge in [-0.25, -0.2) is 4.39 Å². The number of ether oxygens (including phenoxy) is 1. The van der Waals surface area contributed by atoms with Crippen LogP contribution in [0.5, 0.6) is 5.75 Å². The van der Waals surface area contributed by atoms with Crippen molar-refractivity contribution in [3.8, 4) is 5.75 Å². The third-order valence-corrected chi connectivity index (χ3v) is 3.25. The lowest BCUT2D eigenvalue weighted by Crippen LogP contribution is -1.94. The molecule has 0 saturated carbocycles. The number of rotatable bonds is 3. The van der Waals surface area contributed by atoms with E-state index in [0.29, 0.717) is 12.4 Å². The van der Waals surface area contributed by atoms with Gasteiger partial charge in [-0.3, -0.25) is 0 Å². The predicted molar refractivity (Wildman–Crippen MR) is 62.8 cm³/mol. The maximum Gasteiger partial charge on any atom is 0.136 e. The van der Waals surface area contributed by atoms with Crippen molar-refractivity contribution in [1.82, 2.24) is 0 Å². The van der Waals surface area contributed by atoms with Crippen molar-refractivity contribution in [3.63, 3.8) is 0 Å². The summed E-state index contributed by atoms with van der Waals surface area (Å²) in [5.74, 6) is 0.236. The summed E-state index contributed by atoms with van der Waals surface area (Å²) in [6.07, 6.45) is 0. The smallest absolute Gasteiger partial charge is 0.136 e. The molecule has 0 atom stereocenters. The molecule has 15 heavy (non-hydrogen) atoms. The predicted octanol–water partition coefficient (Wildman–Crippen LogP) is 4.23. The van der Waals surface area contributed by atoms with E-state index >= 15 is 0 Å². The zero-order valence-electron chi connectivity index (χ0n) is 7.74. The summed E-state index contributed by atoms with van der Waals surface area (Å²) in [4.78, 5) is 0. The fourth-order valence-electron chi connectivity index (χ4n) is 1.12.